The van der Waals surface area contributed by atoms with Gasteiger partial charge in [-0.15, -0.1) is 0 Å². The van der Waals surface area contributed by atoms with Crippen LogP contribution < -0.4 is 10.6 Å². The predicted molar refractivity (Wildman–Crippen MR) is 108 cm³/mol. The molecule has 152 valence electrons. The lowest BCUT2D eigenvalue weighted by molar-refractivity contribution is -0.141. The second-order valence-electron chi connectivity index (χ2n) is 7.31. The van der Waals surface area contributed by atoms with Crippen LogP contribution in [0.1, 0.15) is 51.5 Å². The summed E-state index contributed by atoms with van der Waals surface area (Å²) in [4.78, 5) is 14.2. The molecule has 6 nitrogen and oxygen atoms in total. The minimum Gasteiger partial charge on any atom is -0.469 e. The summed E-state index contributed by atoms with van der Waals surface area (Å²) < 4.78 is 16.1. The van der Waals surface area contributed by atoms with E-state index < -0.39 is 0 Å². The van der Waals surface area contributed by atoms with E-state index in [0.717, 1.165) is 49.5 Å². The van der Waals surface area contributed by atoms with E-state index in [2.05, 4.69) is 24.0 Å². The Labute approximate surface area is 163 Å². The highest BCUT2D eigenvalue weighted by Gasteiger charge is 2.24. The van der Waals surface area contributed by atoms with Crippen molar-refractivity contribution in [3.05, 3.63) is 23.8 Å². The zero-order valence-electron chi connectivity index (χ0n) is 17.1. The minimum absolute atomic E-state index is 0.0747. The lowest BCUT2D eigenvalue weighted by Gasteiger charge is -2.36. The summed E-state index contributed by atoms with van der Waals surface area (Å²) in [7, 11) is 1.41. The van der Waals surface area contributed by atoms with Gasteiger partial charge in [0.25, 0.3) is 0 Å². The first-order chi connectivity index (χ1) is 13.0. The maximum absolute atomic E-state index is 11.8. The smallest absolute Gasteiger partial charge is 0.306 e. The Morgan fingerprint density at radius 3 is 2.59 bits per heavy atom. The van der Waals surface area contributed by atoms with Gasteiger partial charge in [0.15, 0.2) is 0 Å². The monoisotopic (exact) mass is 378 g/mol. The zero-order valence-corrected chi connectivity index (χ0v) is 17.1. The summed E-state index contributed by atoms with van der Waals surface area (Å²) in [6.07, 6.45) is 2.41. The number of nitrogen functional groups attached to an aromatic ring is 1. The molecule has 0 amide bonds. The largest absolute Gasteiger partial charge is 0.469 e. The highest BCUT2D eigenvalue weighted by atomic mass is 16.5. The Bertz CT molecular complexity index is 600. The van der Waals surface area contributed by atoms with Crippen LogP contribution in [-0.4, -0.2) is 51.6 Å². The Kier molecular flexibility index (Phi) is 8.38. The summed E-state index contributed by atoms with van der Waals surface area (Å²) in [5.41, 5.74) is 9.22. The first-order valence-corrected chi connectivity index (χ1v) is 9.88. The van der Waals surface area contributed by atoms with Crippen LogP contribution in [0.15, 0.2) is 18.2 Å². The molecule has 6 heteroatoms. The summed E-state index contributed by atoms with van der Waals surface area (Å²) >= 11 is 0. The van der Waals surface area contributed by atoms with Crippen molar-refractivity contribution in [3.8, 4) is 0 Å². The third kappa shape index (κ3) is 6.11. The van der Waals surface area contributed by atoms with Crippen molar-refractivity contribution in [3.63, 3.8) is 0 Å². The van der Waals surface area contributed by atoms with Crippen LogP contribution >= 0.6 is 0 Å². The van der Waals surface area contributed by atoms with Crippen molar-refractivity contribution in [2.75, 3.05) is 44.1 Å². The fraction of sp³-hybridized carbons (Fsp3) is 0.667. The third-order valence-electron chi connectivity index (χ3n) is 5.08. The lowest BCUT2D eigenvalue weighted by Crippen LogP contribution is -2.39. The van der Waals surface area contributed by atoms with Crippen LogP contribution in [-0.2, 0) is 19.0 Å². The van der Waals surface area contributed by atoms with Gasteiger partial charge in [0.1, 0.15) is 0 Å². The Morgan fingerprint density at radius 2 is 2.04 bits per heavy atom. The maximum Gasteiger partial charge on any atom is 0.306 e. The summed E-state index contributed by atoms with van der Waals surface area (Å²) in [5, 5.41) is 0. The van der Waals surface area contributed by atoms with Gasteiger partial charge in [0.05, 0.1) is 37.6 Å². The molecular weight excluding hydrogens is 344 g/mol. The SMILES string of the molecule is CCN(c1ccc([C@H](COC(C)C)CC(=O)OC)cc1N)C1CCOCC1. The molecule has 1 aliphatic heterocycles. The number of rotatable bonds is 9. The van der Waals surface area contributed by atoms with Gasteiger partial charge in [-0.25, -0.2) is 0 Å². The average Bonchev–Trinajstić information content (AvgIpc) is 2.67. The molecule has 1 fully saturated rings. The van der Waals surface area contributed by atoms with Crippen molar-refractivity contribution in [2.24, 2.45) is 0 Å². The molecule has 27 heavy (non-hydrogen) atoms. The van der Waals surface area contributed by atoms with E-state index in [4.69, 9.17) is 19.9 Å². The first-order valence-electron chi connectivity index (χ1n) is 9.88. The molecule has 1 atom stereocenters. The van der Waals surface area contributed by atoms with E-state index in [0.29, 0.717) is 12.6 Å². The van der Waals surface area contributed by atoms with Crippen molar-refractivity contribution < 1.29 is 19.0 Å². The molecule has 1 heterocycles. The minimum atomic E-state index is -0.243. The number of anilines is 2. The molecule has 0 radical (unpaired) electrons. The van der Waals surface area contributed by atoms with Crippen LogP contribution in [0.25, 0.3) is 0 Å². The number of nitrogens with zero attached hydrogens (tertiary/aromatic N) is 1. The number of ether oxygens (including phenoxy) is 3. The van der Waals surface area contributed by atoms with E-state index in [9.17, 15) is 4.79 Å². The zero-order chi connectivity index (χ0) is 19.8. The standard InChI is InChI=1S/C21H34N2O4/c1-5-23(18-8-10-26-11-9-18)20-7-6-16(12-19(20)22)17(13-21(24)25-4)14-27-15(2)3/h6-7,12,15,17-18H,5,8-11,13-14,22H2,1-4H3/t17-/m0/s1. The molecule has 1 aliphatic rings. The second-order valence-corrected chi connectivity index (χ2v) is 7.31. The number of methoxy groups -OCH3 is 1. The molecule has 0 bridgehead atoms. The molecule has 1 saturated heterocycles. The van der Waals surface area contributed by atoms with E-state index in [-0.39, 0.29) is 24.4 Å². The van der Waals surface area contributed by atoms with Gasteiger partial charge < -0.3 is 24.8 Å². The van der Waals surface area contributed by atoms with E-state index >= 15 is 0 Å². The van der Waals surface area contributed by atoms with Crippen molar-refractivity contribution >= 4 is 17.3 Å². The van der Waals surface area contributed by atoms with Crippen LogP contribution in [0.4, 0.5) is 11.4 Å². The van der Waals surface area contributed by atoms with Gasteiger partial charge >= 0.3 is 5.97 Å². The van der Waals surface area contributed by atoms with Gasteiger partial charge in [-0.1, -0.05) is 6.07 Å². The van der Waals surface area contributed by atoms with Gasteiger partial charge in [-0.2, -0.15) is 0 Å². The Balaban J connectivity index is 2.20. The Hall–Kier alpha value is -1.79. The van der Waals surface area contributed by atoms with Crippen molar-refractivity contribution in [1.82, 2.24) is 0 Å². The number of carbonyl (C=O) groups excluding carboxylic acids is 1. The number of carbonyl (C=O) groups is 1. The quantitative estimate of drug-likeness (QED) is 0.525. The first kappa shape index (κ1) is 21.5. The normalized spacial score (nSPS) is 16.3. The molecule has 0 saturated carbocycles. The number of hydrogen-bond acceptors (Lipinski definition) is 6. The maximum atomic E-state index is 11.8. The van der Waals surface area contributed by atoms with Gasteiger partial charge in [0.2, 0.25) is 0 Å². The second kappa shape index (κ2) is 10.5. The number of esters is 1. The van der Waals surface area contributed by atoms with Gasteiger partial charge in [0, 0.05) is 31.7 Å². The molecule has 1 aromatic carbocycles. The molecule has 1 aromatic rings. The third-order valence-corrected chi connectivity index (χ3v) is 5.08. The molecule has 0 aliphatic carbocycles. The average molecular weight is 379 g/mol. The van der Waals surface area contributed by atoms with Crippen LogP contribution in [0, 0.1) is 0 Å². The highest BCUT2D eigenvalue weighted by Crippen LogP contribution is 2.32. The number of benzene rings is 1. The summed E-state index contributed by atoms with van der Waals surface area (Å²) in [5.74, 6) is -0.318. The molecule has 2 N–H and O–H groups in total. The van der Waals surface area contributed by atoms with Gasteiger partial charge in [-0.05, 0) is 51.3 Å². The number of nitrogens with two attached hydrogens (primary N) is 1. The Morgan fingerprint density at radius 1 is 1.33 bits per heavy atom. The molecule has 0 spiro atoms. The van der Waals surface area contributed by atoms with Gasteiger partial charge in [-0.3, -0.25) is 4.79 Å². The lowest BCUT2D eigenvalue weighted by atomic mass is 9.95. The van der Waals surface area contributed by atoms with E-state index in [1.54, 1.807) is 0 Å². The highest BCUT2D eigenvalue weighted by molar-refractivity contribution is 5.72. The molecule has 0 unspecified atom stereocenters. The molecule has 2 rings (SSSR count). The van der Waals surface area contributed by atoms with Crippen LogP contribution in [0.3, 0.4) is 0 Å². The summed E-state index contributed by atoms with van der Waals surface area (Å²) in [6, 6.07) is 6.56. The summed E-state index contributed by atoms with van der Waals surface area (Å²) in [6.45, 7) is 9.08. The topological polar surface area (TPSA) is 74.0 Å². The molecule has 0 aromatic heterocycles. The predicted octanol–water partition coefficient (Wildman–Crippen LogP) is 3.35. The van der Waals surface area contributed by atoms with Crippen LogP contribution in [0.2, 0.25) is 0 Å². The van der Waals surface area contributed by atoms with Crippen LogP contribution in [0.5, 0.6) is 0 Å². The van der Waals surface area contributed by atoms with E-state index in [1.807, 2.05) is 19.9 Å². The molecular formula is C21H34N2O4. The van der Waals surface area contributed by atoms with E-state index in [1.165, 1.54) is 7.11 Å². The number of hydrogen-bond donors (Lipinski definition) is 1. The van der Waals surface area contributed by atoms with Crippen molar-refractivity contribution in [2.45, 2.75) is 58.1 Å². The fourth-order valence-corrected chi connectivity index (χ4v) is 3.58. The fourth-order valence-electron chi connectivity index (χ4n) is 3.58. The van der Waals surface area contributed by atoms with Crippen molar-refractivity contribution in [1.29, 1.82) is 0 Å².